The number of nitrogens with zero attached hydrogens (tertiary/aromatic N) is 1. The molecule has 0 saturated carbocycles. The summed E-state index contributed by atoms with van der Waals surface area (Å²) >= 11 is 0. The van der Waals surface area contributed by atoms with Crippen LogP contribution in [-0.4, -0.2) is 37.4 Å². The first-order valence-corrected chi connectivity index (χ1v) is 10.4. The highest BCUT2D eigenvalue weighted by Crippen LogP contribution is 2.29. The van der Waals surface area contributed by atoms with E-state index >= 15 is 0 Å². The van der Waals surface area contributed by atoms with Crippen LogP contribution in [0.5, 0.6) is 5.75 Å². The summed E-state index contributed by atoms with van der Waals surface area (Å²) in [6.45, 7) is 4.43. The van der Waals surface area contributed by atoms with Crippen molar-refractivity contribution in [1.29, 1.82) is 0 Å². The van der Waals surface area contributed by atoms with Gasteiger partial charge < -0.3 is 25.1 Å². The molecule has 172 valence electrons. The fourth-order valence-electron chi connectivity index (χ4n) is 3.75. The zero-order valence-corrected chi connectivity index (χ0v) is 20.2. The molecule has 4 rings (SSSR count). The van der Waals surface area contributed by atoms with E-state index in [1.807, 2.05) is 13.1 Å². The number of nitrogens with one attached hydrogen (secondary N) is 3. The second-order valence-electron chi connectivity index (χ2n) is 7.36. The van der Waals surface area contributed by atoms with E-state index in [1.54, 1.807) is 6.07 Å². The van der Waals surface area contributed by atoms with Crippen LogP contribution < -0.4 is 15.4 Å². The molecule has 3 aromatic rings. The average Bonchev–Trinajstić information content (AvgIpc) is 3.15. The highest BCUT2D eigenvalue weighted by atomic mass is 127. The van der Waals surface area contributed by atoms with Gasteiger partial charge >= 0.3 is 0 Å². The molecule has 32 heavy (non-hydrogen) atoms. The molecule has 6 nitrogen and oxygen atoms in total. The molecule has 2 aromatic carbocycles. The lowest BCUT2D eigenvalue weighted by Crippen LogP contribution is -2.38. The number of benzene rings is 2. The summed E-state index contributed by atoms with van der Waals surface area (Å²) in [6.07, 6.45) is 3.23. The Hall–Kier alpha value is -2.40. The van der Waals surface area contributed by atoms with Crippen LogP contribution >= 0.6 is 24.0 Å². The SMILES string of the molecule is CCNC(=NCCc1cc(F)cc2c1OCOC2)NCCc1c[nH]c2cc(F)ccc12.I. The predicted octanol–water partition coefficient (Wildman–Crippen LogP) is 4.27. The number of fused-ring (bicyclic) bond motifs is 2. The number of aromatic amines is 1. The number of ether oxygens (including phenoxy) is 2. The minimum atomic E-state index is -0.296. The normalized spacial score (nSPS) is 13.3. The number of aliphatic imine (C=N–C) groups is 1. The van der Waals surface area contributed by atoms with Crippen molar-refractivity contribution in [3.8, 4) is 5.75 Å². The van der Waals surface area contributed by atoms with Gasteiger partial charge in [0.25, 0.3) is 0 Å². The van der Waals surface area contributed by atoms with Gasteiger partial charge in [-0.1, -0.05) is 0 Å². The molecule has 2 heterocycles. The molecule has 3 N–H and O–H groups in total. The van der Waals surface area contributed by atoms with Gasteiger partial charge in [0.15, 0.2) is 12.8 Å². The van der Waals surface area contributed by atoms with E-state index in [1.165, 1.54) is 24.3 Å². The Bertz CT molecular complexity index is 1090. The van der Waals surface area contributed by atoms with Gasteiger partial charge in [-0.3, -0.25) is 4.99 Å². The molecule has 0 saturated heterocycles. The largest absolute Gasteiger partial charge is 0.467 e. The fourth-order valence-corrected chi connectivity index (χ4v) is 3.75. The maximum absolute atomic E-state index is 13.9. The third kappa shape index (κ3) is 5.89. The lowest BCUT2D eigenvalue weighted by atomic mass is 10.1. The van der Waals surface area contributed by atoms with Crippen molar-refractivity contribution in [2.45, 2.75) is 26.4 Å². The van der Waals surface area contributed by atoms with Crippen molar-refractivity contribution in [2.75, 3.05) is 26.4 Å². The van der Waals surface area contributed by atoms with Crippen molar-refractivity contribution in [3.05, 3.63) is 64.9 Å². The van der Waals surface area contributed by atoms with Crippen molar-refractivity contribution in [3.63, 3.8) is 0 Å². The average molecular weight is 556 g/mol. The van der Waals surface area contributed by atoms with E-state index in [4.69, 9.17) is 9.47 Å². The molecule has 0 radical (unpaired) electrons. The molecule has 0 atom stereocenters. The Kier molecular flexibility index (Phi) is 8.68. The van der Waals surface area contributed by atoms with Crippen LogP contribution in [0.3, 0.4) is 0 Å². The van der Waals surface area contributed by atoms with Gasteiger partial charge in [-0.05, 0) is 61.2 Å². The summed E-state index contributed by atoms with van der Waals surface area (Å²) in [5, 5.41) is 7.56. The smallest absolute Gasteiger partial charge is 0.191 e. The Balaban J connectivity index is 0.00000289. The summed E-state index contributed by atoms with van der Waals surface area (Å²) in [7, 11) is 0. The number of hydrogen-bond acceptors (Lipinski definition) is 3. The maximum Gasteiger partial charge on any atom is 0.191 e. The summed E-state index contributed by atoms with van der Waals surface area (Å²) in [4.78, 5) is 7.72. The molecule has 0 spiro atoms. The lowest BCUT2D eigenvalue weighted by Gasteiger charge is -2.20. The molecule has 0 amide bonds. The predicted molar refractivity (Wildman–Crippen MR) is 132 cm³/mol. The molecule has 1 aromatic heterocycles. The Morgan fingerprint density at radius 1 is 1.09 bits per heavy atom. The second kappa shape index (κ2) is 11.5. The molecular weight excluding hydrogens is 529 g/mol. The van der Waals surface area contributed by atoms with Crippen molar-refractivity contribution < 1.29 is 18.3 Å². The van der Waals surface area contributed by atoms with Crippen molar-refractivity contribution in [2.24, 2.45) is 4.99 Å². The van der Waals surface area contributed by atoms with Gasteiger partial charge in [-0.15, -0.1) is 24.0 Å². The first-order valence-electron chi connectivity index (χ1n) is 10.4. The summed E-state index contributed by atoms with van der Waals surface area (Å²) in [5.74, 6) is 0.855. The number of aromatic nitrogens is 1. The van der Waals surface area contributed by atoms with Gasteiger partial charge in [0.2, 0.25) is 0 Å². The third-order valence-electron chi connectivity index (χ3n) is 5.16. The van der Waals surface area contributed by atoms with Crippen LogP contribution in [0.4, 0.5) is 8.78 Å². The molecule has 0 aliphatic carbocycles. The standard InChI is InChI=1S/C23H26F2N4O2.HI/c1-2-26-23(28-8-6-16-12-29-21-11-18(24)3-4-20(16)21)27-7-5-15-9-19(25)10-17-13-30-14-31-22(15)17;/h3-4,9-12,29H,2,5-8,13-14H2,1H3,(H2,26,27,28);1H. The molecule has 1 aliphatic rings. The van der Waals surface area contributed by atoms with Crippen LogP contribution in [0.15, 0.2) is 41.5 Å². The van der Waals surface area contributed by atoms with Gasteiger partial charge in [-0.25, -0.2) is 8.78 Å². The van der Waals surface area contributed by atoms with Gasteiger partial charge in [0, 0.05) is 42.3 Å². The molecule has 0 fully saturated rings. The Morgan fingerprint density at radius 3 is 2.81 bits per heavy atom. The minimum absolute atomic E-state index is 0. The minimum Gasteiger partial charge on any atom is -0.467 e. The zero-order chi connectivity index (χ0) is 21.6. The van der Waals surface area contributed by atoms with Crippen molar-refractivity contribution in [1.82, 2.24) is 15.6 Å². The summed E-state index contributed by atoms with van der Waals surface area (Å²) in [6, 6.07) is 7.72. The van der Waals surface area contributed by atoms with Crippen molar-refractivity contribution >= 4 is 40.8 Å². The van der Waals surface area contributed by atoms with E-state index in [0.717, 1.165) is 40.6 Å². The highest BCUT2D eigenvalue weighted by Gasteiger charge is 2.16. The van der Waals surface area contributed by atoms with Crippen LogP contribution in [0, 0.1) is 11.6 Å². The van der Waals surface area contributed by atoms with E-state index in [2.05, 4.69) is 20.6 Å². The molecule has 0 bridgehead atoms. The maximum atomic E-state index is 13.9. The number of hydrogen-bond donors (Lipinski definition) is 3. The van der Waals surface area contributed by atoms with Gasteiger partial charge in [0.05, 0.1) is 6.61 Å². The number of rotatable bonds is 7. The third-order valence-corrected chi connectivity index (χ3v) is 5.16. The zero-order valence-electron chi connectivity index (χ0n) is 17.8. The van der Waals surface area contributed by atoms with Gasteiger partial charge in [-0.2, -0.15) is 0 Å². The first kappa shape index (κ1) is 24.2. The lowest BCUT2D eigenvalue weighted by molar-refractivity contribution is -0.0172. The molecule has 0 unspecified atom stereocenters. The quantitative estimate of drug-likeness (QED) is 0.231. The Morgan fingerprint density at radius 2 is 1.97 bits per heavy atom. The van der Waals surface area contributed by atoms with E-state index in [0.29, 0.717) is 37.8 Å². The molecule has 1 aliphatic heterocycles. The molecule has 9 heteroatoms. The number of halogens is 3. The van der Waals surface area contributed by atoms with Crippen LogP contribution in [0.25, 0.3) is 10.9 Å². The van der Waals surface area contributed by atoms with E-state index < -0.39 is 0 Å². The number of guanidine groups is 1. The molecular formula is C23H27F2IN4O2. The second-order valence-corrected chi connectivity index (χ2v) is 7.36. The van der Waals surface area contributed by atoms with Crippen LogP contribution in [-0.2, 0) is 24.2 Å². The van der Waals surface area contributed by atoms with E-state index in [-0.39, 0.29) is 42.4 Å². The first-order chi connectivity index (χ1) is 15.1. The van der Waals surface area contributed by atoms with Gasteiger partial charge in [0.1, 0.15) is 17.4 Å². The topological polar surface area (TPSA) is 70.7 Å². The summed E-state index contributed by atoms with van der Waals surface area (Å²) in [5.41, 5.74) is 3.43. The highest BCUT2D eigenvalue weighted by molar-refractivity contribution is 14.0. The van der Waals surface area contributed by atoms with Crippen LogP contribution in [0.2, 0.25) is 0 Å². The number of H-pyrrole nitrogens is 1. The van der Waals surface area contributed by atoms with Crippen LogP contribution in [0.1, 0.15) is 23.6 Å². The Labute approximate surface area is 202 Å². The monoisotopic (exact) mass is 556 g/mol. The van der Waals surface area contributed by atoms with E-state index in [9.17, 15) is 8.78 Å². The summed E-state index contributed by atoms with van der Waals surface area (Å²) < 4.78 is 38.1. The fraction of sp³-hybridized carbons (Fsp3) is 0.348.